The van der Waals surface area contributed by atoms with Gasteiger partial charge in [0, 0.05) is 0 Å². The largest absolute Gasteiger partial charge is 0.393 e. The van der Waals surface area contributed by atoms with Crippen molar-refractivity contribution < 1.29 is 10.2 Å². The molecule has 1 saturated carbocycles. The summed E-state index contributed by atoms with van der Waals surface area (Å²) in [5.74, 6) is 1.76. The number of rotatable bonds is 2. The smallest absolute Gasteiger partial charge is 0.0595 e. The van der Waals surface area contributed by atoms with Gasteiger partial charge >= 0.3 is 0 Å². The van der Waals surface area contributed by atoms with Gasteiger partial charge in [0.05, 0.1) is 12.2 Å². The lowest BCUT2D eigenvalue weighted by Crippen LogP contribution is -2.42. The van der Waals surface area contributed by atoms with Crippen molar-refractivity contribution in [2.75, 3.05) is 0 Å². The molecular weight excluding hydrogens is 176 g/mol. The highest BCUT2D eigenvalue weighted by atomic mass is 16.3. The van der Waals surface area contributed by atoms with Gasteiger partial charge in [-0.2, -0.15) is 0 Å². The summed E-state index contributed by atoms with van der Waals surface area (Å²) in [4.78, 5) is 0. The minimum Gasteiger partial charge on any atom is -0.393 e. The lowest BCUT2D eigenvalue weighted by Gasteiger charge is -2.40. The van der Waals surface area contributed by atoms with Gasteiger partial charge < -0.3 is 10.2 Å². The number of hydrogen-bond acceptors (Lipinski definition) is 2. The van der Waals surface area contributed by atoms with Crippen LogP contribution in [0, 0.1) is 23.7 Å². The maximum atomic E-state index is 9.85. The molecule has 4 unspecified atom stereocenters. The summed E-state index contributed by atoms with van der Waals surface area (Å²) in [6, 6.07) is 0. The van der Waals surface area contributed by atoms with E-state index < -0.39 is 0 Å². The summed E-state index contributed by atoms with van der Waals surface area (Å²) in [6.07, 6.45) is 0.920. The molecule has 1 aliphatic carbocycles. The van der Waals surface area contributed by atoms with Gasteiger partial charge in [0.25, 0.3) is 0 Å². The predicted octanol–water partition coefficient (Wildman–Crippen LogP) is 2.05. The Bertz CT molecular complexity index is 159. The monoisotopic (exact) mass is 200 g/mol. The van der Waals surface area contributed by atoms with Crippen LogP contribution in [0.4, 0.5) is 0 Å². The molecule has 0 aliphatic heterocycles. The third-order valence-electron chi connectivity index (χ3n) is 3.73. The zero-order chi connectivity index (χ0) is 10.9. The minimum atomic E-state index is -0.306. The summed E-state index contributed by atoms with van der Waals surface area (Å²) in [5.41, 5.74) is 0. The van der Waals surface area contributed by atoms with Gasteiger partial charge in [-0.25, -0.2) is 0 Å². The van der Waals surface area contributed by atoms with Crippen LogP contribution >= 0.6 is 0 Å². The Kier molecular flexibility index (Phi) is 3.96. The van der Waals surface area contributed by atoms with E-state index in [0.717, 1.165) is 6.42 Å². The summed E-state index contributed by atoms with van der Waals surface area (Å²) < 4.78 is 0. The second-order valence-corrected chi connectivity index (χ2v) is 5.42. The highest BCUT2D eigenvalue weighted by molar-refractivity contribution is 4.87. The van der Waals surface area contributed by atoms with Crippen molar-refractivity contribution in [2.24, 2.45) is 23.7 Å². The molecule has 14 heavy (non-hydrogen) atoms. The number of aliphatic hydroxyl groups is 2. The Labute approximate surface area is 87.3 Å². The number of aliphatic hydroxyl groups excluding tert-OH is 2. The van der Waals surface area contributed by atoms with Gasteiger partial charge in [0.15, 0.2) is 0 Å². The molecule has 1 aliphatic rings. The topological polar surface area (TPSA) is 40.5 Å². The average molecular weight is 200 g/mol. The molecule has 0 heterocycles. The fourth-order valence-corrected chi connectivity index (χ4v) is 2.66. The first-order valence-corrected chi connectivity index (χ1v) is 5.79. The zero-order valence-corrected chi connectivity index (χ0v) is 9.77. The van der Waals surface area contributed by atoms with E-state index in [1.807, 2.05) is 0 Å². The Morgan fingerprint density at radius 2 is 1.14 bits per heavy atom. The molecular formula is C12H24O2. The SMILES string of the molecule is CC(C)C1CC(C(C)C)C(O)CC1O. The lowest BCUT2D eigenvalue weighted by molar-refractivity contribution is -0.0602. The van der Waals surface area contributed by atoms with Gasteiger partial charge in [0.2, 0.25) is 0 Å². The molecule has 0 bridgehead atoms. The van der Waals surface area contributed by atoms with E-state index in [1.54, 1.807) is 0 Å². The van der Waals surface area contributed by atoms with E-state index in [0.29, 0.717) is 30.1 Å². The van der Waals surface area contributed by atoms with Crippen LogP contribution in [-0.4, -0.2) is 22.4 Å². The van der Waals surface area contributed by atoms with E-state index in [4.69, 9.17) is 0 Å². The second-order valence-electron chi connectivity index (χ2n) is 5.42. The van der Waals surface area contributed by atoms with Crippen LogP contribution in [0.2, 0.25) is 0 Å². The zero-order valence-electron chi connectivity index (χ0n) is 9.77. The molecule has 2 heteroatoms. The molecule has 0 aromatic carbocycles. The summed E-state index contributed by atoms with van der Waals surface area (Å²) in [5, 5.41) is 19.7. The molecule has 1 rings (SSSR count). The maximum absolute atomic E-state index is 9.85. The molecule has 2 N–H and O–H groups in total. The molecule has 2 nitrogen and oxygen atoms in total. The first-order valence-electron chi connectivity index (χ1n) is 5.79. The first kappa shape index (κ1) is 12.0. The molecule has 0 aromatic heterocycles. The van der Waals surface area contributed by atoms with Crippen LogP contribution < -0.4 is 0 Å². The summed E-state index contributed by atoms with van der Waals surface area (Å²) >= 11 is 0. The molecule has 0 spiro atoms. The van der Waals surface area contributed by atoms with E-state index in [1.165, 1.54) is 0 Å². The van der Waals surface area contributed by atoms with Crippen LogP contribution in [0.5, 0.6) is 0 Å². The third-order valence-corrected chi connectivity index (χ3v) is 3.73. The van der Waals surface area contributed by atoms with Crippen LogP contribution in [-0.2, 0) is 0 Å². The van der Waals surface area contributed by atoms with Crippen molar-refractivity contribution in [1.29, 1.82) is 0 Å². The highest BCUT2D eigenvalue weighted by Crippen LogP contribution is 2.37. The van der Waals surface area contributed by atoms with Gasteiger partial charge in [-0.15, -0.1) is 0 Å². The van der Waals surface area contributed by atoms with Crippen LogP contribution in [0.3, 0.4) is 0 Å². The second kappa shape index (κ2) is 4.63. The molecule has 84 valence electrons. The molecule has 1 fully saturated rings. The van der Waals surface area contributed by atoms with Crippen molar-refractivity contribution in [3.05, 3.63) is 0 Å². The Hall–Kier alpha value is -0.0800. The van der Waals surface area contributed by atoms with Crippen molar-refractivity contribution in [3.8, 4) is 0 Å². The van der Waals surface area contributed by atoms with Crippen LogP contribution in [0.15, 0.2) is 0 Å². The fourth-order valence-electron chi connectivity index (χ4n) is 2.66. The Morgan fingerprint density at radius 1 is 0.786 bits per heavy atom. The quantitative estimate of drug-likeness (QED) is 0.716. The molecule has 0 saturated heterocycles. The normalized spacial score (nSPS) is 39.4. The van der Waals surface area contributed by atoms with E-state index in [-0.39, 0.29) is 12.2 Å². The van der Waals surface area contributed by atoms with Gasteiger partial charge in [0.1, 0.15) is 0 Å². The standard InChI is InChI=1S/C12H24O2/c1-7(2)9-5-10(8(3)4)12(14)6-11(9)13/h7-14H,5-6H2,1-4H3. The van der Waals surface area contributed by atoms with Crippen molar-refractivity contribution in [1.82, 2.24) is 0 Å². The predicted molar refractivity (Wildman–Crippen MR) is 57.9 cm³/mol. The van der Waals surface area contributed by atoms with Crippen molar-refractivity contribution >= 4 is 0 Å². The maximum Gasteiger partial charge on any atom is 0.0595 e. The van der Waals surface area contributed by atoms with E-state index >= 15 is 0 Å². The van der Waals surface area contributed by atoms with E-state index in [9.17, 15) is 10.2 Å². The van der Waals surface area contributed by atoms with Crippen molar-refractivity contribution in [2.45, 2.75) is 52.7 Å². The van der Waals surface area contributed by atoms with Gasteiger partial charge in [-0.3, -0.25) is 0 Å². The molecule has 0 radical (unpaired) electrons. The third kappa shape index (κ3) is 2.48. The summed E-state index contributed by atoms with van der Waals surface area (Å²) in [6.45, 7) is 8.62. The number of hydrogen-bond donors (Lipinski definition) is 2. The van der Waals surface area contributed by atoms with Crippen molar-refractivity contribution in [3.63, 3.8) is 0 Å². The lowest BCUT2D eigenvalue weighted by atomic mass is 9.69. The van der Waals surface area contributed by atoms with Crippen LogP contribution in [0.25, 0.3) is 0 Å². The minimum absolute atomic E-state index is 0.306. The average Bonchev–Trinajstić information content (AvgIpc) is 2.02. The van der Waals surface area contributed by atoms with E-state index in [2.05, 4.69) is 27.7 Å². The molecule has 4 atom stereocenters. The Morgan fingerprint density at radius 3 is 1.43 bits per heavy atom. The molecule has 0 amide bonds. The van der Waals surface area contributed by atoms with Crippen LogP contribution in [0.1, 0.15) is 40.5 Å². The summed E-state index contributed by atoms with van der Waals surface area (Å²) in [7, 11) is 0. The van der Waals surface area contributed by atoms with Gasteiger partial charge in [-0.05, 0) is 36.5 Å². The first-order chi connectivity index (χ1) is 6.43. The van der Waals surface area contributed by atoms with Gasteiger partial charge in [-0.1, -0.05) is 27.7 Å². The Balaban J connectivity index is 2.65. The highest BCUT2D eigenvalue weighted by Gasteiger charge is 2.37. The molecule has 0 aromatic rings. The fraction of sp³-hybridized carbons (Fsp3) is 1.00.